The first-order chi connectivity index (χ1) is 9.93. The number of rotatable bonds is 8. The molecule has 1 aromatic rings. The molecular formula is C15H21NO5. The van der Waals surface area contributed by atoms with E-state index < -0.39 is 12.1 Å². The molecule has 1 atom stereocenters. The van der Waals surface area contributed by atoms with Crippen molar-refractivity contribution in [2.24, 2.45) is 0 Å². The third-order valence-corrected chi connectivity index (χ3v) is 2.98. The average molecular weight is 295 g/mol. The first kappa shape index (κ1) is 16.8. The second-order valence-corrected chi connectivity index (χ2v) is 4.69. The van der Waals surface area contributed by atoms with Crippen molar-refractivity contribution in [2.45, 2.75) is 25.9 Å². The van der Waals surface area contributed by atoms with Gasteiger partial charge in [-0.3, -0.25) is 9.59 Å². The molecule has 0 aliphatic carbocycles. The summed E-state index contributed by atoms with van der Waals surface area (Å²) in [5.41, 5.74) is 0. The Morgan fingerprint density at radius 1 is 1.24 bits per heavy atom. The zero-order valence-electron chi connectivity index (χ0n) is 12.5. The second-order valence-electron chi connectivity index (χ2n) is 4.69. The van der Waals surface area contributed by atoms with E-state index in [4.69, 9.17) is 14.6 Å². The Labute approximate surface area is 124 Å². The highest BCUT2D eigenvalue weighted by Crippen LogP contribution is 2.18. The van der Waals surface area contributed by atoms with E-state index in [1.54, 1.807) is 45.3 Å². The van der Waals surface area contributed by atoms with Crippen LogP contribution < -0.4 is 9.47 Å². The van der Waals surface area contributed by atoms with Crippen molar-refractivity contribution in [2.75, 3.05) is 20.7 Å². The van der Waals surface area contributed by atoms with E-state index in [9.17, 15) is 9.59 Å². The highest BCUT2D eigenvalue weighted by molar-refractivity contribution is 5.80. The number of carbonyl (C=O) groups excluding carboxylic acids is 1. The topological polar surface area (TPSA) is 76.1 Å². The van der Waals surface area contributed by atoms with Crippen LogP contribution in [0.2, 0.25) is 0 Å². The van der Waals surface area contributed by atoms with Crippen molar-refractivity contribution < 1.29 is 24.2 Å². The van der Waals surface area contributed by atoms with Gasteiger partial charge in [-0.15, -0.1) is 0 Å². The molecule has 21 heavy (non-hydrogen) atoms. The van der Waals surface area contributed by atoms with Gasteiger partial charge in [0.15, 0.2) is 6.10 Å². The van der Waals surface area contributed by atoms with E-state index in [0.29, 0.717) is 24.5 Å². The summed E-state index contributed by atoms with van der Waals surface area (Å²) in [4.78, 5) is 24.0. The second kappa shape index (κ2) is 8.14. The van der Waals surface area contributed by atoms with Crippen LogP contribution in [0.5, 0.6) is 11.5 Å². The number of amides is 1. The Morgan fingerprint density at radius 2 is 1.81 bits per heavy atom. The fourth-order valence-corrected chi connectivity index (χ4v) is 1.80. The largest absolute Gasteiger partial charge is 0.497 e. The molecule has 0 aliphatic heterocycles. The monoisotopic (exact) mass is 295 g/mol. The number of ether oxygens (including phenoxy) is 2. The van der Waals surface area contributed by atoms with Gasteiger partial charge in [0.1, 0.15) is 11.5 Å². The van der Waals surface area contributed by atoms with Crippen LogP contribution in [-0.4, -0.2) is 48.7 Å². The first-order valence-electron chi connectivity index (χ1n) is 6.71. The Hall–Kier alpha value is -2.24. The summed E-state index contributed by atoms with van der Waals surface area (Å²) in [5.74, 6) is 0.247. The maximum Gasteiger partial charge on any atom is 0.303 e. The normalized spacial score (nSPS) is 11.6. The summed E-state index contributed by atoms with van der Waals surface area (Å²) in [5, 5.41) is 8.57. The van der Waals surface area contributed by atoms with Crippen LogP contribution in [0.3, 0.4) is 0 Å². The summed E-state index contributed by atoms with van der Waals surface area (Å²) in [6, 6.07) is 6.96. The van der Waals surface area contributed by atoms with Gasteiger partial charge in [0.25, 0.3) is 5.91 Å². The highest BCUT2D eigenvalue weighted by Gasteiger charge is 2.19. The fraction of sp³-hybridized carbons (Fsp3) is 0.467. The molecule has 6 nitrogen and oxygen atoms in total. The van der Waals surface area contributed by atoms with Gasteiger partial charge in [-0.25, -0.2) is 0 Å². The van der Waals surface area contributed by atoms with Crippen molar-refractivity contribution in [1.29, 1.82) is 0 Å². The predicted octanol–water partition coefficient (Wildman–Crippen LogP) is 1.79. The van der Waals surface area contributed by atoms with E-state index in [1.807, 2.05) is 0 Å². The Morgan fingerprint density at radius 3 is 2.33 bits per heavy atom. The summed E-state index contributed by atoms with van der Waals surface area (Å²) >= 11 is 0. The van der Waals surface area contributed by atoms with E-state index in [1.165, 1.54) is 4.90 Å². The minimum absolute atomic E-state index is 0.0470. The van der Waals surface area contributed by atoms with Crippen molar-refractivity contribution in [3.63, 3.8) is 0 Å². The minimum Gasteiger partial charge on any atom is -0.497 e. The number of methoxy groups -OCH3 is 1. The van der Waals surface area contributed by atoms with Crippen molar-refractivity contribution >= 4 is 11.9 Å². The third kappa shape index (κ3) is 5.72. The number of carbonyl (C=O) groups is 2. The lowest BCUT2D eigenvalue weighted by atomic mass is 10.2. The lowest BCUT2D eigenvalue weighted by Gasteiger charge is -2.22. The van der Waals surface area contributed by atoms with Crippen LogP contribution in [0.1, 0.15) is 19.8 Å². The fourth-order valence-electron chi connectivity index (χ4n) is 1.80. The lowest BCUT2D eigenvalue weighted by molar-refractivity contribution is -0.139. The molecule has 116 valence electrons. The SMILES string of the molecule is COc1ccc(OC(C)C(=O)N(C)CCCC(=O)O)cc1. The summed E-state index contributed by atoms with van der Waals surface area (Å²) < 4.78 is 10.6. The molecule has 0 fully saturated rings. The van der Waals surface area contributed by atoms with Crippen LogP contribution >= 0.6 is 0 Å². The summed E-state index contributed by atoms with van der Waals surface area (Å²) in [6.45, 7) is 2.06. The van der Waals surface area contributed by atoms with Gasteiger partial charge in [-0.2, -0.15) is 0 Å². The molecule has 1 unspecified atom stereocenters. The zero-order valence-corrected chi connectivity index (χ0v) is 12.5. The highest BCUT2D eigenvalue weighted by atomic mass is 16.5. The van der Waals surface area contributed by atoms with Crippen LogP contribution in [0.4, 0.5) is 0 Å². The molecule has 0 aliphatic rings. The molecule has 0 heterocycles. The zero-order chi connectivity index (χ0) is 15.8. The molecule has 0 spiro atoms. The average Bonchev–Trinajstić information content (AvgIpc) is 2.46. The smallest absolute Gasteiger partial charge is 0.303 e. The van der Waals surface area contributed by atoms with Gasteiger partial charge < -0.3 is 19.5 Å². The van der Waals surface area contributed by atoms with Gasteiger partial charge in [-0.05, 0) is 37.6 Å². The van der Waals surface area contributed by atoms with Gasteiger partial charge >= 0.3 is 5.97 Å². The first-order valence-corrected chi connectivity index (χ1v) is 6.71. The number of aliphatic carboxylic acids is 1. The maximum absolute atomic E-state index is 12.1. The Kier molecular flexibility index (Phi) is 6.52. The number of nitrogens with zero attached hydrogens (tertiary/aromatic N) is 1. The molecule has 0 aromatic heterocycles. The van der Waals surface area contributed by atoms with Gasteiger partial charge in [-0.1, -0.05) is 0 Å². The van der Waals surface area contributed by atoms with E-state index in [0.717, 1.165) is 0 Å². The number of likely N-dealkylation sites (N-methyl/N-ethyl adjacent to an activating group) is 1. The van der Waals surface area contributed by atoms with Crippen LogP contribution in [-0.2, 0) is 9.59 Å². The van der Waals surface area contributed by atoms with Gasteiger partial charge in [0, 0.05) is 20.0 Å². The maximum atomic E-state index is 12.1. The molecule has 1 amide bonds. The van der Waals surface area contributed by atoms with Crippen LogP contribution in [0, 0.1) is 0 Å². The van der Waals surface area contributed by atoms with Crippen molar-refractivity contribution in [3.05, 3.63) is 24.3 Å². The molecule has 1 aromatic carbocycles. The number of benzene rings is 1. The third-order valence-electron chi connectivity index (χ3n) is 2.98. The lowest BCUT2D eigenvalue weighted by Crippen LogP contribution is -2.38. The predicted molar refractivity (Wildman–Crippen MR) is 77.6 cm³/mol. The Balaban J connectivity index is 2.47. The molecular weight excluding hydrogens is 274 g/mol. The van der Waals surface area contributed by atoms with Crippen molar-refractivity contribution in [3.8, 4) is 11.5 Å². The number of hydrogen-bond acceptors (Lipinski definition) is 4. The van der Waals surface area contributed by atoms with E-state index in [-0.39, 0.29) is 12.3 Å². The number of carboxylic acid groups (broad SMARTS) is 1. The van der Waals surface area contributed by atoms with Crippen LogP contribution in [0.15, 0.2) is 24.3 Å². The molecule has 0 saturated carbocycles. The molecule has 1 rings (SSSR count). The minimum atomic E-state index is -0.863. The molecule has 6 heteroatoms. The summed E-state index contributed by atoms with van der Waals surface area (Å²) in [7, 11) is 3.21. The molecule has 0 saturated heterocycles. The standard InChI is InChI=1S/C15H21NO5/c1-11(15(19)16(2)10-4-5-14(17)18)21-13-8-6-12(20-3)7-9-13/h6-9,11H,4-5,10H2,1-3H3,(H,17,18). The molecule has 1 N–H and O–H groups in total. The molecule has 0 bridgehead atoms. The Bertz CT molecular complexity index is 471. The van der Waals surface area contributed by atoms with Gasteiger partial charge in [0.2, 0.25) is 0 Å². The van der Waals surface area contributed by atoms with Crippen molar-refractivity contribution in [1.82, 2.24) is 4.90 Å². The number of carboxylic acids is 1. The van der Waals surface area contributed by atoms with Gasteiger partial charge in [0.05, 0.1) is 7.11 Å². The van der Waals surface area contributed by atoms with E-state index >= 15 is 0 Å². The van der Waals surface area contributed by atoms with Crippen LogP contribution in [0.25, 0.3) is 0 Å². The summed E-state index contributed by atoms with van der Waals surface area (Å²) in [6.07, 6.45) is -0.161. The quantitative estimate of drug-likeness (QED) is 0.791. The number of hydrogen-bond donors (Lipinski definition) is 1. The molecule has 0 radical (unpaired) electrons. The van der Waals surface area contributed by atoms with E-state index in [2.05, 4.69) is 0 Å².